The first kappa shape index (κ1) is 15.8. The van der Waals surface area contributed by atoms with Crippen LogP contribution in [-0.2, 0) is 6.54 Å². The first-order valence-electron chi connectivity index (χ1n) is 8.71. The van der Waals surface area contributed by atoms with Crippen molar-refractivity contribution in [2.24, 2.45) is 0 Å². The Hall–Kier alpha value is -2.74. The number of benzene rings is 3. The van der Waals surface area contributed by atoms with Gasteiger partial charge in [0.25, 0.3) is 0 Å². The van der Waals surface area contributed by atoms with E-state index in [1.807, 2.05) is 0 Å². The minimum absolute atomic E-state index is 0.878. The summed E-state index contributed by atoms with van der Waals surface area (Å²) in [6.07, 6.45) is 0. The normalized spacial score (nSPS) is 11.4. The molecule has 126 valence electrons. The van der Waals surface area contributed by atoms with Crippen LogP contribution in [-0.4, -0.2) is 11.7 Å². The number of aryl methyl sites for hydroxylation is 3. The molecule has 0 fully saturated rings. The van der Waals surface area contributed by atoms with Gasteiger partial charge in [0.15, 0.2) is 0 Å². The van der Waals surface area contributed by atoms with E-state index in [9.17, 15) is 0 Å². The first-order chi connectivity index (χ1) is 12.1. The molecule has 1 aromatic heterocycles. The zero-order valence-corrected chi connectivity index (χ0v) is 15.3. The van der Waals surface area contributed by atoms with Crippen molar-refractivity contribution in [3.8, 4) is 5.75 Å². The van der Waals surface area contributed by atoms with Gasteiger partial charge in [0.05, 0.1) is 12.6 Å². The molecule has 0 unspecified atom stereocenters. The fourth-order valence-electron chi connectivity index (χ4n) is 3.80. The Labute approximate surface area is 148 Å². The maximum absolute atomic E-state index is 5.48. The number of hydrogen-bond acceptors (Lipinski definition) is 1. The van der Waals surface area contributed by atoms with Gasteiger partial charge in [0, 0.05) is 22.8 Å². The molecular weight excluding hydrogens is 306 g/mol. The van der Waals surface area contributed by atoms with Gasteiger partial charge in [-0.2, -0.15) is 0 Å². The number of hydrogen-bond donors (Lipinski definition) is 0. The Morgan fingerprint density at radius 3 is 2.36 bits per heavy atom. The van der Waals surface area contributed by atoms with Gasteiger partial charge in [-0.25, -0.2) is 0 Å². The van der Waals surface area contributed by atoms with Gasteiger partial charge in [-0.05, 0) is 61.2 Å². The quantitative estimate of drug-likeness (QED) is 0.465. The van der Waals surface area contributed by atoms with E-state index in [0.29, 0.717) is 0 Å². The number of fused-ring (bicyclic) bond motifs is 3. The molecule has 0 amide bonds. The molecule has 0 aliphatic carbocycles. The summed E-state index contributed by atoms with van der Waals surface area (Å²) < 4.78 is 7.93. The molecule has 0 atom stereocenters. The maximum Gasteiger partial charge on any atom is 0.119 e. The van der Waals surface area contributed by atoms with Gasteiger partial charge in [0.1, 0.15) is 5.75 Å². The van der Waals surface area contributed by atoms with Crippen LogP contribution in [0.2, 0.25) is 0 Å². The number of nitrogens with zero attached hydrogens (tertiary/aromatic N) is 1. The van der Waals surface area contributed by atoms with Gasteiger partial charge in [-0.1, -0.05) is 36.4 Å². The van der Waals surface area contributed by atoms with Crippen LogP contribution in [0.25, 0.3) is 21.8 Å². The SMILES string of the molecule is COc1ccc2c(c1)c1c(C)ccc(C)c1n2Cc1ccccc1C. The highest BCUT2D eigenvalue weighted by atomic mass is 16.5. The molecule has 0 N–H and O–H groups in total. The molecule has 3 aromatic carbocycles. The highest BCUT2D eigenvalue weighted by Crippen LogP contribution is 2.36. The minimum atomic E-state index is 0.878. The van der Waals surface area contributed by atoms with Crippen LogP contribution in [0.4, 0.5) is 0 Å². The molecule has 2 nitrogen and oxygen atoms in total. The molecule has 1 heterocycles. The second-order valence-corrected chi connectivity index (χ2v) is 6.82. The molecule has 2 heteroatoms. The average Bonchev–Trinajstić information content (AvgIpc) is 2.95. The summed E-state index contributed by atoms with van der Waals surface area (Å²) in [7, 11) is 1.73. The Bertz CT molecular complexity index is 1090. The zero-order chi connectivity index (χ0) is 17.6. The van der Waals surface area contributed by atoms with Gasteiger partial charge in [-0.3, -0.25) is 0 Å². The van der Waals surface area contributed by atoms with Gasteiger partial charge < -0.3 is 9.30 Å². The molecule has 0 aliphatic heterocycles. The highest BCUT2D eigenvalue weighted by molar-refractivity contribution is 6.11. The average molecular weight is 329 g/mol. The van der Waals surface area contributed by atoms with Gasteiger partial charge >= 0.3 is 0 Å². The summed E-state index contributed by atoms with van der Waals surface area (Å²) in [6.45, 7) is 7.46. The van der Waals surface area contributed by atoms with Crippen LogP contribution in [0.15, 0.2) is 54.6 Å². The Morgan fingerprint density at radius 1 is 0.840 bits per heavy atom. The molecule has 0 bridgehead atoms. The molecule has 4 rings (SSSR count). The van der Waals surface area contributed by atoms with E-state index >= 15 is 0 Å². The number of methoxy groups -OCH3 is 1. The maximum atomic E-state index is 5.48. The summed E-state index contributed by atoms with van der Waals surface area (Å²) in [6, 6.07) is 19.5. The van der Waals surface area contributed by atoms with Crippen LogP contribution in [0.3, 0.4) is 0 Å². The standard InChI is InChI=1S/C23H23NO/c1-15-7-5-6-8-18(15)14-24-21-12-11-19(25-4)13-20(21)22-16(2)9-10-17(3)23(22)24/h5-13H,14H2,1-4H3. The van der Waals surface area contributed by atoms with Crippen molar-refractivity contribution in [2.75, 3.05) is 7.11 Å². The van der Waals surface area contributed by atoms with Crippen molar-refractivity contribution in [3.05, 3.63) is 76.9 Å². The van der Waals surface area contributed by atoms with Crippen LogP contribution >= 0.6 is 0 Å². The van der Waals surface area contributed by atoms with Crippen LogP contribution in [0.1, 0.15) is 22.3 Å². The summed E-state index contributed by atoms with van der Waals surface area (Å²) in [5.41, 5.74) is 7.89. The van der Waals surface area contributed by atoms with Crippen molar-refractivity contribution in [3.63, 3.8) is 0 Å². The van der Waals surface area contributed by atoms with Crippen molar-refractivity contribution < 1.29 is 4.74 Å². The predicted octanol–water partition coefficient (Wildman–Crippen LogP) is 5.78. The smallest absolute Gasteiger partial charge is 0.119 e. The van der Waals surface area contributed by atoms with E-state index in [-0.39, 0.29) is 0 Å². The summed E-state index contributed by atoms with van der Waals surface area (Å²) >= 11 is 0. The van der Waals surface area contributed by atoms with Gasteiger partial charge in [0.2, 0.25) is 0 Å². The highest BCUT2D eigenvalue weighted by Gasteiger charge is 2.16. The lowest BCUT2D eigenvalue weighted by molar-refractivity contribution is 0.415. The van der Waals surface area contributed by atoms with Gasteiger partial charge in [-0.15, -0.1) is 0 Å². The molecule has 4 aromatic rings. The van der Waals surface area contributed by atoms with E-state index < -0.39 is 0 Å². The number of ether oxygens (including phenoxy) is 1. The van der Waals surface area contributed by atoms with E-state index in [2.05, 4.69) is 79.9 Å². The monoisotopic (exact) mass is 329 g/mol. The Kier molecular flexibility index (Phi) is 3.76. The first-order valence-corrected chi connectivity index (χ1v) is 8.71. The van der Waals surface area contributed by atoms with Crippen molar-refractivity contribution in [2.45, 2.75) is 27.3 Å². The summed E-state index contributed by atoms with van der Waals surface area (Å²) in [5.74, 6) is 0.906. The fraction of sp³-hybridized carbons (Fsp3) is 0.217. The minimum Gasteiger partial charge on any atom is -0.497 e. The number of rotatable bonds is 3. The van der Waals surface area contributed by atoms with Crippen molar-refractivity contribution >= 4 is 21.8 Å². The lowest BCUT2D eigenvalue weighted by Gasteiger charge is -2.12. The van der Waals surface area contributed by atoms with Crippen molar-refractivity contribution in [1.82, 2.24) is 4.57 Å². The summed E-state index contributed by atoms with van der Waals surface area (Å²) in [4.78, 5) is 0. The van der Waals surface area contributed by atoms with Crippen LogP contribution < -0.4 is 4.74 Å². The topological polar surface area (TPSA) is 14.2 Å². The third-order valence-corrected chi connectivity index (χ3v) is 5.21. The predicted molar refractivity (Wildman–Crippen MR) is 106 cm³/mol. The van der Waals surface area contributed by atoms with Crippen molar-refractivity contribution in [1.29, 1.82) is 0 Å². The molecule has 0 saturated heterocycles. The van der Waals surface area contributed by atoms with Crippen LogP contribution in [0, 0.1) is 20.8 Å². The van der Waals surface area contributed by atoms with E-state index in [1.54, 1.807) is 7.11 Å². The lowest BCUT2D eigenvalue weighted by atomic mass is 10.0. The molecule has 0 aliphatic rings. The third-order valence-electron chi connectivity index (χ3n) is 5.21. The lowest BCUT2D eigenvalue weighted by Crippen LogP contribution is -2.02. The Balaban J connectivity index is 2.08. The molecule has 0 spiro atoms. The number of aromatic nitrogens is 1. The molecule has 25 heavy (non-hydrogen) atoms. The molecule has 0 radical (unpaired) electrons. The zero-order valence-electron chi connectivity index (χ0n) is 15.3. The van der Waals surface area contributed by atoms with Crippen LogP contribution in [0.5, 0.6) is 5.75 Å². The molecular formula is C23H23NO. The van der Waals surface area contributed by atoms with E-state index in [0.717, 1.165) is 12.3 Å². The molecule has 0 saturated carbocycles. The van der Waals surface area contributed by atoms with E-state index in [1.165, 1.54) is 44.1 Å². The third kappa shape index (κ3) is 2.49. The second-order valence-electron chi connectivity index (χ2n) is 6.82. The summed E-state index contributed by atoms with van der Waals surface area (Å²) in [5, 5.41) is 2.60. The second kappa shape index (κ2) is 5.96. The fourth-order valence-corrected chi connectivity index (χ4v) is 3.80. The van der Waals surface area contributed by atoms with E-state index in [4.69, 9.17) is 4.74 Å². The Morgan fingerprint density at radius 2 is 1.60 bits per heavy atom. The largest absolute Gasteiger partial charge is 0.497 e.